The summed E-state index contributed by atoms with van der Waals surface area (Å²) in [5.74, 6) is -0.191. The minimum Gasteiger partial charge on any atom is -0.394 e. The highest BCUT2D eigenvalue weighted by atomic mass is 16.7. The average molecular weight is 995 g/mol. The van der Waals surface area contributed by atoms with Crippen molar-refractivity contribution in [3.63, 3.8) is 0 Å². The first-order chi connectivity index (χ1) is 34.8. The molecule has 71 heavy (non-hydrogen) atoms. The molecule has 1 aliphatic rings. The Morgan fingerprint density at radius 3 is 1.35 bits per heavy atom. The van der Waals surface area contributed by atoms with Crippen LogP contribution in [0.4, 0.5) is 0 Å². The van der Waals surface area contributed by atoms with E-state index in [1.807, 2.05) is 6.08 Å². The Hall–Kier alpha value is -2.89. The molecule has 0 bridgehead atoms. The Morgan fingerprint density at radius 1 is 0.493 bits per heavy atom. The van der Waals surface area contributed by atoms with Crippen LogP contribution in [0.15, 0.2) is 97.2 Å². The molecular weight excluding hydrogens is 887 g/mol. The molecule has 6 N–H and O–H groups in total. The first-order valence-electron chi connectivity index (χ1n) is 29.0. The predicted octanol–water partition coefficient (Wildman–Crippen LogP) is 14.4. The van der Waals surface area contributed by atoms with Crippen molar-refractivity contribution in [1.29, 1.82) is 0 Å². The van der Waals surface area contributed by atoms with E-state index in [1.165, 1.54) is 135 Å². The van der Waals surface area contributed by atoms with Gasteiger partial charge in [0.15, 0.2) is 6.29 Å². The lowest BCUT2D eigenvalue weighted by Gasteiger charge is -2.40. The number of rotatable bonds is 48. The van der Waals surface area contributed by atoms with E-state index in [9.17, 15) is 30.3 Å². The molecular formula is C62H107NO8. The highest BCUT2D eigenvalue weighted by molar-refractivity contribution is 5.76. The van der Waals surface area contributed by atoms with Crippen molar-refractivity contribution in [3.8, 4) is 0 Å². The fourth-order valence-electron chi connectivity index (χ4n) is 8.59. The van der Waals surface area contributed by atoms with Crippen LogP contribution >= 0.6 is 0 Å². The van der Waals surface area contributed by atoms with E-state index in [0.717, 1.165) is 77.0 Å². The van der Waals surface area contributed by atoms with Crippen molar-refractivity contribution in [2.24, 2.45) is 0 Å². The Morgan fingerprint density at radius 2 is 0.887 bits per heavy atom. The van der Waals surface area contributed by atoms with E-state index < -0.39 is 49.5 Å². The number of carbonyl (C=O) groups excluding carboxylic acids is 1. The summed E-state index contributed by atoms with van der Waals surface area (Å²) in [6.45, 7) is 3.64. The summed E-state index contributed by atoms with van der Waals surface area (Å²) in [6.07, 6.45) is 66.2. The monoisotopic (exact) mass is 994 g/mol. The van der Waals surface area contributed by atoms with E-state index in [4.69, 9.17) is 9.47 Å². The summed E-state index contributed by atoms with van der Waals surface area (Å²) in [4.78, 5) is 13.0. The van der Waals surface area contributed by atoms with Gasteiger partial charge in [-0.3, -0.25) is 4.79 Å². The number of aliphatic hydroxyl groups excluding tert-OH is 5. The molecule has 0 aliphatic carbocycles. The van der Waals surface area contributed by atoms with Gasteiger partial charge < -0.3 is 40.3 Å². The van der Waals surface area contributed by atoms with Gasteiger partial charge in [0.05, 0.1) is 25.4 Å². The maximum atomic E-state index is 13.0. The molecule has 9 nitrogen and oxygen atoms in total. The minimum absolute atomic E-state index is 0.191. The van der Waals surface area contributed by atoms with Gasteiger partial charge in [-0.25, -0.2) is 0 Å². The Kier molecular flexibility index (Phi) is 47.2. The third-order valence-corrected chi connectivity index (χ3v) is 13.1. The van der Waals surface area contributed by atoms with Crippen molar-refractivity contribution in [3.05, 3.63) is 97.2 Å². The summed E-state index contributed by atoms with van der Waals surface area (Å²) in [5, 5.41) is 54.4. The quantitative estimate of drug-likeness (QED) is 0.0261. The van der Waals surface area contributed by atoms with Gasteiger partial charge in [-0.2, -0.15) is 0 Å². The van der Waals surface area contributed by atoms with Crippen molar-refractivity contribution in [1.82, 2.24) is 5.32 Å². The van der Waals surface area contributed by atoms with E-state index in [0.29, 0.717) is 6.42 Å². The highest BCUT2D eigenvalue weighted by Crippen LogP contribution is 2.23. The molecule has 0 saturated carbocycles. The molecule has 1 heterocycles. The topological polar surface area (TPSA) is 149 Å². The van der Waals surface area contributed by atoms with Gasteiger partial charge in [-0.15, -0.1) is 0 Å². The lowest BCUT2D eigenvalue weighted by Crippen LogP contribution is -2.60. The standard InChI is InChI=1S/C62H107NO8/c1-3-5-7-9-11-13-15-17-19-20-21-22-23-24-25-26-27-28-29-30-31-32-33-34-35-36-38-40-42-44-46-48-50-52-58(66)63-55(54-70-62-61(69)60(68)59(67)57(53-64)71-62)56(65)51-49-47-45-43-41-39-37-18-16-14-12-10-8-6-4-2/h5,7,11,13,17,19,21-22,24-25,27-28,41,43,49,51,55-57,59-62,64-65,67-69H,3-4,6,8-10,12,14-16,18,20,23,26,29-40,42,44-48,50,52-54H2,1-2H3,(H,63,66)/b7-5-,13-11-,19-17-,22-21-,25-24-,28-27-,43-41+,51-49+. The van der Waals surface area contributed by atoms with Crippen LogP contribution in [0.3, 0.4) is 0 Å². The predicted molar refractivity (Wildman–Crippen MR) is 299 cm³/mol. The Bertz CT molecular complexity index is 1430. The van der Waals surface area contributed by atoms with Gasteiger partial charge in [0, 0.05) is 6.42 Å². The number of hydrogen-bond donors (Lipinski definition) is 6. The van der Waals surface area contributed by atoms with Crippen molar-refractivity contribution in [2.75, 3.05) is 13.2 Å². The molecule has 0 aromatic carbocycles. The maximum Gasteiger partial charge on any atom is 0.220 e. The molecule has 1 fully saturated rings. The minimum atomic E-state index is -1.58. The Balaban J connectivity index is 2.18. The molecule has 408 valence electrons. The zero-order valence-electron chi connectivity index (χ0n) is 45.2. The number of carbonyl (C=O) groups is 1. The highest BCUT2D eigenvalue weighted by Gasteiger charge is 2.44. The summed E-state index contributed by atoms with van der Waals surface area (Å²) in [7, 11) is 0. The summed E-state index contributed by atoms with van der Waals surface area (Å²) in [5.41, 5.74) is 0. The summed E-state index contributed by atoms with van der Waals surface area (Å²) in [6, 6.07) is -0.827. The van der Waals surface area contributed by atoms with Crippen molar-refractivity contribution in [2.45, 2.75) is 275 Å². The molecule has 1 amide bonds. The van der Waals surface area contributed by atoms with Crippen LogP contribution in [0.25, 0.3) is 0 Å². The second kappa shape index (κ2) is 50.6. The number of amides is 1. The largest absolute Gasteiger partial charge is 0.394 e. The lowest BCUT2D eigenvalue weighted by atomic mass is 9.99. The zero-order valence-corrected chi connectivity index (χ0v) is 45.2. The van der Waals surface area contributed by atoms with Gasteiger partial charge in [0.2, 0.25) is 5.91 Å². The molecule has 0 spiro atoms. The van der Waals surface area contributed by atoms with Crippen LogP contribution in [-0.2, 0) is 14.3 Å². The van der Waals surface area contributed by atoms with E-state index in [2.05, 4.69) is 104 Å². The molecule has 1 rings (SSSR count). The number of hydrogen-bond acceptors (Lipinski definition) is 8. The molecule has 9 heteroatoms. The SMILES string of the molecule is CC/C=C\C/C=C\C/C=C\C/C=C\C/C=C\C/C=C\CCCCCCCCCCCCCCCCC(=O)NC(COC1OC(CO)C(O)C(O)C1O)C(O)/C=C/CC/C=C/CCCCCCCCCCC. The second-order valence-corrected chi connectivity index (χ2v) is 19.7. The molecule has 0 aromatic heterocycles. The third-order valence-electron chi connectivity index (χ3n) is 13.1. The first-order valence-corrected chi connectivity index (χ1v) is 29.0. The molecule has 1 aliphatic heterocycles. The van der Waals surface area contributed by atoms with E-state index in [1.54, 1.807) is 6.08 Å². The van der Waals surface area contributed by atoms with Crippen molar-refractivity contribution >= 4 is 5.91 Å². The number of aliphatic hydroxyl groups is 5. The number of allylic oxidation sites excluding steroid dienone is 15. The molecule has 0 aromatic rings. The van der Waals surface area contributed by atoms with Crippen LogP contribution in [0.1, 0.15) is 232 Å². The van der Waals surface area contributed by atoms with Crippen LogP contribution in [0.5, 0.6) is 0 Å². The summed E-state index contributed by atoms with van der Waals surface area (Å²) >= 11 is 0. The third kappa shape index (κ3) is 40.2. The van der Waals surface area contributed by atoms with Gasteiger partial charge in [0.1, 0.15) is 24.4 Å². The summed E-state index contributed by atoms with van der Waals surface area (Å²) < 4.78 is 11.2. The van der Waals surface area contributed by atoms with Gasteiger partial charge in [-0.1, -0.05) is 239 Å². The fraction of sp³-hybridized carbons (Fsp3) is 0.726. The lowest BCUT2D eigenvalue weighted by molar-refractivity contribution is -0.302. The number of ether oxygens (including phenoxy) is 2. The first kappa shape index (κ1) is 66.1. The average Bonchev–Trinajstić information content (AvgIpc) is 3.37. The molecule has 7 atom stereocenters. The number of unbranched alkanes of at least 4 members (excludes halogenated alkanes) is 24. The van der Waals surface area contributed by atoms with Crippen LogP contribution in [0.2, 0.25) is 0 Å². The fourth-order valence-corrected chi connectivity index (χ4v) is 8.59. The second-order valence-electron chi connectivity index (χ2n) is 19.7. The Labute approximate surface area is 434 Å². The normalized spacial score (nSPS) is 20.0. The van der Waals surface area contributed by atoms with Crippen LogP contribution < -0.4 is 5.32 Å². The smallest absolute Gasteiger partial charge is 0.220 e. The van der Waals surface area contributed by atoms with E-state index >= 15 is 0 Å². The molecule has 7 unspecified atom stereocenters. The van der Waals surface area contributed by atoms with Gasteiger partial charge >= 0.3 is 0 Å². The van der Waals surface area contributed by atoms with Crippen molar-refractivity contribution < 1.29 is 39.8 Å². The molecule has 0 radical (unpaired) electrons. The zero-order chi connectivity index (χ0) is 51.5. The van der Waals surface area contributed by atoms with Gasteiger partial charge in [-0.05, 0) is 83.5 Å². The van der Waals surface area contributed by atoms with Gasteiger partial charge in [0.25, 0.3) is 0 Å². The number of nitrogens with one attached hydrogen (secondary N) is 1. The van der Waals surface area contributed by atoms with E-state index in [-0.39, 0.29) is 12.5 Å². The van der Waals surface area contributed by atoms with Crippen LogP contribution in [0, 0.1) is 0 Å². The van der Waals surface area contributed by atoms with Crippen LogP contribution in [-0.4, -0.2) is 87.5 Å². The molecule has 1 saturated heterocycles. The maximum absolute atomic E-state index is 13.0.